The van der Waals surface area contributed by atoms with Crippen LogP contribution in [0.25, 0.3) is 0 Å². The summed E-state index contributed by atoms with van der Waals surface area (Å²) >= 11 is 3.49. The summed E-state index contributed by atoms with van der Waals surface area (Å²) in [5, 5.41) is 0. The first-order chi connectivity index (χ1) is 8.61. The van der Waals surface area contributed by atoms with Gasteiger partial charge in [-0.15, -0.1) is 0 Å². The second-order valence-corrected chi connectivity index (χ2v) is 5.61. The van der Waals surface area contributed by atoms with Gasteiger partial charge in [0, 0.05) is 30.4 Å². The first-order valence-electron chi connectivity index (χ1n) is 6.20. The largest absolute Gasteiger partial charge is 0.495 e. The van der Waals surface area contributed by atoms with Gasteiger partial charge in [-0.1, -0.05) is 15.9 Å². The van der Waals surface area contributed by atoms with Crippen LogP contribution in [0.15, 0.2) is 22.7 Å². The SMILES string of the molecule is COc1ccc(Br)cc1N(C)C1CCC(=O)CC1. The van der Waals surface area contributed by atoms with Gasteiger partial charge in [-0.05, 0) is 31.0 Å². The molecule has 1 aliphatic rings. The molecule has 0 saturated heterocycles. The highest BCUT2D eigenvalue weighted by Crippen LogP contribution is 2.34. The molecule has 0 amide bonds. The summed E-state index contributed by atoms with van der Waals surface area (Å²) in [5.41, 5.74) is 1.08. The van der Waals surface area contributed by atoms with Crippen LogP contribution in [0, 0.1) is 0 Å². The lowest BCUT2D eigenvalue weighted by Crippen LogP contribution is -2.35. The number of rotatable bonds is 3. The first-order valence-corrected chi connectivity index (χ1v) is 6.99. The van der Waals surface area contributed by atoms with Gasteiger partial charge in [-0.2, -0.15) is 0 Å². The Kier molecular flexibility index (Phi) is 4.27. The topological polar surface area (TPSA) is 29.5 Å². The van der Waals surface area contributed by atoms with Gasteiger partial charge >= 0.3 is 0 Å². The molecule has 0 aromatic heterocycles. The van der Waals surface area contributed by atoms with Gasteiger partial charge in [0.05, 0.1) is 12.8 Å². The number of ketones is 1. The van der Waals surface area contributed by atoms with Crippen LogP contribution in [0.4, 0.5) is 5.69 Å². The van der Waals surface area contributed by atoms with Crippen LogP contribution in [0.1, 0.15) is 25.7 Å². The normalized spacial score (nSPS) is 16.7. The predicted octanol–water partition coefficient (Wildman–Crippen LogP) is 3.41. The molecular weight excluding hydrogens is 294 g/mol. The molecule has 4 heteroatoms. The molecule has 2 rings (SSSR count). The van der Waals surface area contributed by atoms with Gasteiger partial charge in [0.25, 0.3) is 0 Å². The Hall–Kier alpha value is -1.03. The lowest BCUT2D eigenvalue weighted by molar-refractivity contribution is -0.120. The molecule has 1 aliphatic carbocycles. The van der Waals surface area contributed by atoms with Crippen molar-refractivity contribution in [3.05, 3.63) is 22.7 Å². The fourth-order valence-corrected chi connectivity index (χ4v) is 2.80. The smallest absolute Gasteiger partial charge is 0.142 e. The minimum absolute atomic E-state index is 0.390. The molecular formula is C14H18BrNO2. The Labute approximate surface area is 116 Å². The van der Waals surface area contributed by atoms with E-state index < -0.39 is 0 Å². The first kappa shape index (κ1) is 13.4. The minimum Gasteiger partial charge on any atom is -0.495 e. The number of ether oxygens (including phenoxy) is 1. The summed E-state index contributed by atoms with van der Waals surface area (Å²) in [6.45, 7) is 0. The summed E-state index contributed by atoms with van der Waals surface area (Å²) < 4.78 is 6.44. The quantitative estimate of drug-likeness (QED) is 0.856. The van der Waals surface area contributed by atoms with E-state index in [0.29, 0.717) is 24.7 Å². The Morgan fingerprint density at radius 3 is 2.61 bits per heavy atom. The summed E-state index contributed by atoms with van der Waals surface area (Å²) in [4.78, 5) is 13.5. The Balaban J connectivity index is 2.19. The van der Waals surface area contributed by atoms with E-state index in [1.807, 2.05) is 12.1 Å². The van der Waals surface area contributed by atoms with Crippen LogP contribution in [0.2, 0.25) is 0 Å². The van der Waals surface area contributed by atoms with Gasteiger partial charge in [0.1, 0.15) is 11.5 Å². The van der Waals surface area contributed by atoms with Crippen molar-refractivity contribution in [1.29, 1.82) is 0 Å². The number of hydrogen-bond acceptors (Lipinski definition) is 3. The summed E-state index contributed by atoms with van der Waals surface area (Å²) in [5.74, 6) is 1.26. The van der Waals surface area contributed by atoms with Crippen molar-refractivity contribution < 1.29 is 9.53 Å². The molecule has 98 valence electrons. The second-order valence-electron chi connectivity index (χ2n) is 4.70. The molecule has 1 fully saturated rings. The average molecular weight is 312 g/mol. The fraction of sp³-hybridized carbons (Fsp3) is 0.500. The van der Waals surface area contributed by atoms with Gasteiger partial charge in [0.15, 0.2) is 0 Å². The maximum atomic E-state index is 11.3. The third-order valence-electron chi connectivity index (χ3n) is 3.58. The summed E-state index contributed by atoms with van der Waals surface area (Å²) in [7, 11) is 3.76. The maximum absolute atomic E-state index is 11.3. The summed E-state index contributed by atoms with van der Waals surface area (Å²) in [6, 6.07) is 6.42. The van der Waals surface area contributed by atoms with Crippen molar-refractivity contribution in [2.24, 2.45) is 0 Å². The van der Waals surface area contributed by atoms with Crippen molar-refractivity contribution in [3.8, 4) is 5.75 Å². The van der Waals surface area contributed by atoms with E-state index in [2.05, 4.69) is 33.9 Å². The number of nitrogens with zero attached hydrogens (tertiary/aromatic N) is 1. The zero-order valence-corrected chi connectivity index (χ0v) is 12.4. The highest BCUT2D eigenvalue weighted by Gasteiger charge is 2.24. The molecule has 3 nitrogen and oxygen atoms in total. The number of benzene rings is 1. The molecule has 0 atom stereocenters. The highest BCUT2D eigenvalue weighted by atomic mass is 79.9. The van der Waals surface area contributed by atoms with E-state index in [0.717, 1.165) is 28.8 Å². The maximum Gasteiger partial charge on any atom is 0.142 e. The molecule has 18 heavy (non-hydrogen) atoms. The number of halogens is 1. The molecule has 0 unspecified atom stereocenters. The standard InChI is InChI=1S/C14H18BrNO2/c1-16(11-4-6-12(17)7-5-11)13-9-10(15)3-8-14(13)18-2/h3,8-9,11H,4-7H2,1-2H3. The lowest BCUT2D eigenvalue weighted by Gasteiger charge is -2.33. The third-order valence-corrected chi connectivity index (χ3v) is 4.07. The van der Waals surface area contributed by atoms with Crippen LogP contribution in [-0.4, -0.2) is 26.0 Å². The number of carbonyl (C=O) groups excluding carboxylic acids is 1. The van der Waals surface area contributed by atoms with Crippen LogP contribution in [0.3, 0.4) is 0 Å². The molecule has 0 heterocycles. The zero-order chi connectivity index (χ0) is 13.1. The van der Waals surface area contributed by atoms with Crippen molar-refractivity contribution in [2.75, 3.05) is 19.1 Å². The van der Waals surface area contributed by atoms with Crippen LogP contribution < -0.4 is 9.64 Å². The third kappa shape index (κ3) is 2.86. The number of methoxy groups -OCH3 is 1. The zero-order valence-electron chi connectivity index (χ0n) is 10.8. The lowest BCUT2D eigenvalue weighted by atomic mass is 9.93. The molecule has 0 aliphatic heterocycles. The number of Topliss-reactive ketones (excluding diaryl/α,β-unsaturated/α-hetero) is 1. The molecule has 0 spiro atoms. The van der Waals surface area contributed by atoms with E-state index in [1.54, 1.807) is 7.11 Å². The molecule has 0 N–H and O–H groups in total. The minimum atomic E-state index is 0.390. The van der Waals surface area contributed by atoms with E-state index in [4.69, 9.17) is 4.74 Å². The predicted molar refractivity (Wildman–Crippen MR) is 76.4 cm³/mol. The Morgan fingerprint density at radius 2 is 2.00 bits per heavy atom. The van der Waals surface area contributed by atoms with Crippen LogP contribution >= 0.6 is 15.9 Å². The number of carbonyl (C=O) groups is 1. The summed E-state index contributed by atoms with van der Waals surface area (Å²) in [6.07, 6.45) is 3.27. The van der Waals surface area contributed by atoms with Gasteiger partial charge in [0.2, 0.25) is 0 Å². The average Bonchev–Trinajstić information content (AvgIpc) is 2.39. The van der Waals surface area contributed by atoms with E-state index in [1.165, 1.54) is 0 Å². The monoisotopic (exact) mass is 311 g/mol. The van der Waals surface area contributed by atoms with Crippen molar-refractivity contribution in [2.45, 2.75) is 31.7 Å². The van der Waals surface area contributed by atoms with E-state index >= 15 is 0 Å². The number of anilines is 1. The van der Waals surface area contributed by atoms with E-state index in [-0.39, 0.29) is 0 Å². The Morgan fingerprint density at radius 1 is 1.33 bits per heavy atom. The molecule has 1 aromatic carbocycles. The molecule has 0 bridgehead atoms. The second kappa shape index (κ2) is 5.74. The molecule has 1 aromatic rings. The van der Waals surface area contributed by atoms with Crippen molar-refractivity contribution in [3.63, 3.8) is 0 Å². The fourth-order valence-electron chi connectivity index (χ4n) is 2.45. The van der Waals surface area contributed by atoms with Crippen molar-refractivity contribution in [1.82, 2.24) is 0 Å². The highest BCUT2D eigenvalue weighted by molar-refractivity contribution is 9.10. The molecule has 0 radical (unpaired) electrons. The van der Waals surface area contributed by atoms with Gasteiger partial charge in [-0.3, -0.25) is 4.79 Å². The van der Waals surface area contributed by atoms with Crippen molar-refractivity contribution >= 4 is 27.4 Å². The molecule has 1 saturated carbocycles. The van der Waals surface area contributed by atoms with E-state index in [9.17, 15) is 4.79 Å². The van der Waals surface area contributed by atoms with Crippen LogP contribution in [0.5, 0.6) is 5.75 Å². The Bertz CT molecular complexity index is 437. The van der Waals surface area contributed by atoms with Gasteiger partial charge < -0.3 is 9.64 Å². The van der Waals surface area contributed by atoms with Crippen LogP contribution in [-0.2, 0) is 4.79 Å². The number of hydrogen-bond donors (Lipinski definition) is 0. The van der Waals surface area contributed by atoms with Gasteiger partial charge in [-0.25, -0.2) is 0 Å².